The van der Waals surface area contributed by atoms with Crippen molar-refractivity contribution in [2.45, 2.75) is 58.3 Å². The number of ether oxygens (including phenoxy) is 2. The molecule has 0 fully saturated rings. The van der Waals surface area contributed by atoms with Gasteiger partial charge in [0.15, 0.2) is 0 Å². The summed E-state index contributed by atoms with van der Waals surface area (Å²) in [5.74, 6) is 0.279. The van der Waals surface area contributed by atoms with Crippen LogP contribution in [0, 0.1) is 6.92 Å². The molecule has 7 heteroatoms. The molecule has 0 saturated carbocycles. The molecule has 1 aromatic carbocycles. The fraction of sp³-hybridized carbons (Fsp3) is 0.478. The van der Waals surface area contributed by atoms with Gasteiger partial charge in [-0.05, 0) is 68.4 Å². The van der Waals surface area contributed by atoms with E-state index in [4.69, 9.17) is 21.1 Å². The van der Waals surface area contributed by atoms with Crippen molar-refractivity contribution in [2.75, 3.05) is 19.0 Å². The second-order valence-corrected chi connectivity index (χ2v) is 9.07. The minimum Gasteiger partial charge on any atom is -0.493 e. The molecule has 0 saturated heterocycles. The zero-order valence-corrected chi connectivity index (χ0v) is 19.1. The molecule has 0 atom stereocenters. The average molecular weight is 450 g/mol. The molecule has 1 aliphatic rings. The maximum Gasteiger partial charge on any atom is 0.341 e. The molecule has 30 heavy (non-hydrogen) atoms. The van der Waals surface area contributed by atoms with E-state index < -0.39 is 0 Å². The molecule has 0 aliphatic heterocycles. The van der Waals surface area contributed by atoms with Crippen molar-refractivity contribution >= 4 is 39.8 Å². The number of carbonyl (C=O) groups excluding carboxylic acids is 2. The zero-order chi connectivity index (χ0) is 21.5. The fourth-order valence-electron chi connectivity index (χ4n) is 3.70. The number of fused-ring (bicyclic) bond motifs is 1. The van der Waals surface area contributed by atoms with Crippen LogP contribution in [0.5, 0.6) is 5.75 Å². The number of amides is 1. The van der Waals surface area contributed by atoms with Gasteiger partial charge in [0.05, 0.1) is 19.3 Å². The van der Waals surface area contributed by atoms with Gasteiger partial charge < -0.3 is 14.8 Å². The van der Waals surface area contributed by atoms with Crippen LogP contribution in [-0.4, -0.2) is 25.6 Å². The Kier molecular flexibility index (Phi) is 8.16. The van der Waals surface area contributed by atoms with E-state index in [2.05, 4.69) is 5.32 Å². The van der Waals surface area contributed by atoms with Gasteiger partial charge in [-0.3, -0.25) is 4.79 Å². The Morgan fingerprint density at radius 2 is 1.93 bits per heavy atom. The highest BCUT2D eigenvalue weighted by Crippen LogP contribution is 2.37. The third-order valence-corrected chi connectivity index (χ3v) is 6.70. The lowest BCUT2D eigenvalue weighted by Crippen LogP contribution is -2.15. The number of aryl methyl sites for hydroxylation is 2. The Bertz CT molecular complexity index is 909. The van der Waals surface area contributed by atoms with Crippen molar-refractivity contribution in [1.82, 2.24) is 0 Å². The molecular weight excluding hydrogens is 422 g/mol. The highest BCUT2D eigenvalue weighted by molar-refractivity contribution is 7.17. The molecule has 0 spiro atoms. The predicted molar refractivity (Wildman–Crippen MR) is 121 cm³/mol. The molecule has 0 bridgehead atoms. The fourth-order valence-corrected chi connectivity index (χ4v) is 5.22. The van der Waals surface area contributed by atoms with E-state index in [9.17, 15) is 9.59 Å². The van der Waals surface area contributed by atoms with Crippen molar-refractivity contribution in [1.29, 1.82) is 0 Å². The summed E-state index contributed by atoms with van der Waals surface area (Å²) in [7, 11) is 1.39. The van der Waals surface area contributed by atoms with Gasteiger partial charge >= 0.3 is 5.97 Å². The van der Waals surface area contributed by atoms with Crippen LogP contribution in [0.15, 0.2) is 18.2 Å². The lowest BCUT2D eigenvalue weighted by molar-refractivity contribution is -0.116. The van der Waals surface area contributed by atoms with Crippen LogP contribution in [0.2, 0.25) is 5.02 Å². The molecule has 1 amide bonds. The number of nitrogens with one attached hydrogen (secondary N) is 1. The lowest BCUT2D eigenvalue weighted by Gasteiger charge is -2.11. The number of hydrogen-bond acceptors (Lipinski definition) is 5. The number of halogens is 1. The van der Waals surface area contributed by atoms with Gasteiger partial charge in [0.25, 0.3) is 0 Å². The molecular formula is C23H28ClNO4S. The zero-order valence-electron chi connectivity index (χ0n) is 17.5. The van der Waals surface area contributed by atoms with Gasteiger partial charge in [0.2, 0.25) is 5.91 Å². The van der Waals surface area contributed by atoms with Gasteiger partial charge in [-0.25, -0.2) is 4.79 Å². The number of benzene rings is 1. The molecule has 1 aliphatic carbocycles. The second-order valence-electron chi connectivity index (χ2n) is 7.52. The quantitative estimate of drug-likeness (QED) is 0.418. The summed E-state index contributed by atoms with van der Waals surface area (Å²) in [6.45, 7) is 2.37. The second kappa shape index (κ2) is 10.8. The smallest absolute Gasteiger partial charge is 0.341 e. The summed E-state index contributed by atoms with van der Waals surface area (Å²) in [6, 6.07) is 5.47. The number of hydrogen-bond donors (Lipinski definition) is 1. The molecule has 5 nitrogen and oxygen atoms in total. The highest BCUT2D eigenvalue weighted by atomic mass is 35.5. The summed E-state index contributed by atoms with van der Waals surface area (Å²) in [5.41, 5.74) is 2.56. The van der Waals surface area contributed by atoms with E-state index in [1.54, 1.807) is 6.07 Å². The Balaban J connectivity index is 1.60. The molecule has 0 unspecified atom stereocenters. The Morgan fingerprint density at radius 1 is 1.17 bits per heavy atom. The molecule has 0 radical (unpaired) electrons. The standard InChI is InChI=1S/C23H28ClNO4S/c1-15-14-16(24)11-12-18(15)29-13-7-10-20(26)25-22-21(23(27)28-2)17-8-5-3-4-6-9-19(17)30-22/h11-12,14H,3-10,13H2,1-2H3,(H,25,26). The van der Waals surface area contributed by atoms with E-state index in [0.29, 0.717) is 35.0 Å². The summed E-state index contributed by atoms with van der Waals surface area (Å²) >= 11 is 7.48. The SMILES string of the molecule is COC(=O)c1c(NC(=O)CCCOc2ccc(Cl)cc2C)sc2c1CCCCCC2. The number of anilines is 1. The molecule has 1 heterocycles. The first-order valence-electron chi connectivity index (χ1n) is 10.4. The molecule has 1 N–H and O–H groups in total. The van der Waals surface area contributed by atoms with E-state index in [0.717, 1.165) is 42.6 Å². The first kappa shape index (κ1) is 22.6. The summed E-state index contributed by atoms with van der Waals surface area (Å²) in [4.78, 5) is 26.1. The number of rotatable bonds is 7. The number of esters is 1. The maximum atomic E-state index is 12.5. The van der Waals surface area contributed by atoms with Crippen LogP contribution < -0.4 is 10.1 Å². The Morgan fingerprint density at radius 3 is 2.67 bits per heavy atom. The summed E-state index contributed by atoms with van der Waals surface area (Å²) in [5, 5.41) is 4.24. The van der Waals surface area contributed by atoms with Crippen molar-refractivity contribution in [3.63, 3.8) is 0 Å². The minimum atomic E-state index is -0.370. The van der Waals surface area contributed by atoms with Crippen LogP contribution in [-0.2, 0) is 22.4 Å². The van der Waals surface area contributed by atoms with Crippen molar-refractivity contribution in [3.05, 3.63) is 44.8 Å². The Labute approximate surface area is 186 Å². The molecule has 162 valence electrons. The Hall–Kier alpha value is -2.05. The normalized spacial score (nSPS) is 13.7. The average Bonchev–Trinajstić information content (AvgIpc) is 3.02. The van der Waals surface area contributed by atoms with E-state index in [-0.39, 0.29) is 11.9 Å². The third kappa shape index (κ3) is 5.76. The van der Waals surface area contributed by atoms with Crippen molar-refractivity contribution in [2.24, 2.45) is 0 Å². The van der Waals surface area contributed by atoms with Gasteiger partial charge in [-0.15, -0.1) is 11.3 Å². The first-order chi connectivity index (χ1) is 14.5. The van der Waals surface area contributed by atoms with Crippen molar-refractivity contribution in [3.8, 4) is 5.75 Å². The monoisotopic (exact) mass is 449 g/mol. The van der Waals surface area contributed by atoms with E-state index in [1.165, 1.54) is 36.2 Å². The van der Waals surface area contributed by atoms with Crippen LogP contribution in [0.25, 0.3) is 0 Å². The van der Waals surface area contributed by atoms with Crippen LogP contribution in [0.1, 0.15) is 64.9 Å². The van der Waals surface area contributed by atoms with Gasteiger partial charge in [0.1, 0.15) is 10.8 Å². The minimum absolute atomic E-state index is 0.120. The molecule has 3 rings (SSSR count). The highest BCUT2D eigenvalue weighted by Gasteiger charge is 2.25. The van der Waals surface area contributed by atoms with E-state index >= 15 is 0 Å². The largest absolute Gasteiger partial charge is 0.493 e. The topological polar surface area (TPSA) is 64.6 Å². The maximum absolute atomic E-state index is 12.5. The first-order valence-corrected chi connectivity index (χ1v) is 11.6. The summed E-state index contributed by atoms with van der Waals surface area (Å²) in [6.07, 6.45) is 7.26. The molecule has 2 aromatic rings. The number of carbonyl (C=O) groups is 2. The van der Waals surface area contributed by atoms with Crippen molar-refractivity contribution < 1.29 is 19.1 Å². The predicted octanol–water partition coefficient (Wildman–Crippen LogP) is 5.95. The van der Waals surface area contributed by atoms with Gasteiger partial charge in [-0.2, -0.15) is 0 Å². The van der Waals surface area contributed by atoms with Gasteiger partial charge in [-0.1, -0.05) is 24.4 Å². The van der Waals surface area contributed by atoms with Crippen LogP contribution in [0.4, 0.5) is 5.00 Å². The van der Waals surface area contributed by atoms with Crippen LogP contribution >= 0.6 is 22.9 Å². The van der Waals surface area contributed by atoms with E-state index in [1.807, 2.05) is 19.1 Å². The number of thiophene rings is 1. The lowest BCUT2D eigenvalue weighted by atomic mass is 9.96. The molecule has 1 aromatic heterocycles. The summed E-state index contributed by atoms with van der Waals surface area (Å²) < 4.78 is 10.8. The van der Waals surface area contributed by atoms with Crippen LogP contribution in [0.3, 0.4) is 0 Å². The van der Waals surface area contributed by atoms with Gasteiger partial charge in [0, 0.05) is 16.3 Å². The third-order valence-electron chi connectivity index (χ3n) is 5.26. The number of methoxy groups -OCH3 is 1.